The molecular formula is C24H23ClN4O3. The minimum atomic E-state index is -0.399. The molecule has 0 bridgehead atoms. The SMILES string of the molecule is COc1ccc(-c2cc(CC(N)=O)c3[nH]c4cc(N5CCOCC5)ccc4c3n2)cc1Cl. The zero-order valence-corrected chi connectivity index (χ0v) is 18.4. The number of carbonyl (C=O) groups is 1. The summed E-state index contributed by atoms with van der Waals surface area (Å²) in [5.41, 5.74) is 11.6. The van der Waals surface area contributed by atoms with Crippen molar-refractivity contribution in [2.24, 2.45) is 5.73 Å². The maximum Gasteiger partial charge on any atom is 0.221 e. The summed E-state index contributed by atoms with van der Waals surface area (Å²) >= 11 is 6.34. The second kappa shape index (κ2) is 8.33. The Bertz CT molecular complexity index is 1330. The van der Waals surface area contributed by atoms with Crippen LogP contribution in [0.3, 0.4) is 0 Å². The first-order valence-electron chi connectivity index (χ1n) is 10.4. The average molecular weight is 451 g/mol. The van der Waals surface area contributed by atoms with Crippen molar-refractivity contribution in [3.8, 4) is 17.0 Å². The van der Waals surface area contributed by atoms with Crippen molar-refractivity contribution < 1.29 is 14.3 Å². The molecule has 1 saturated heterocycles. The molecule has 0 aliphatic carbocycles. The lowest BCUT2D eigenvalue weighted by molar-refractivity contribution is -0.117. The van der Waals surface area contributed by atoms with E-state index in [-0.39, 0.29) is 6.42 Å². The van der Waals surface area contributed by atoms with Gasteiger partial charge >= 0.3 is 0 Å². The molecule has 3 N–H and O–H groups in total. The molecule has 1 fully saturated rings. The number of H-pyrrole nitrogens is 1. The second-order valence-corrected chi connectivity index (χ2v) is 8.24. The molecule has 164 valence electrons. The Balaban J connectivity index is 1.67. The van der Waals surface area contributed by atoms with Crippen molar-refractivity contribution in [3.63, 3.8) is 0 Å². The lowest BCUT2D eigenvalue weighted by Crippen LogP contribution is -2.36. The molecule has 4 aromatic rings. The van der Waals surface area contributed by atoms with E-state index in [1.807, 2.05) is 18.2 Å². The number of aromatic nitrogens is 2. The van der Waals surface area contributed by atoms with Gasteiger partial charge in [0.1, 0.15) is 5.75 Å². The molecule has 8 heteroatoms. The van der Waals surface area contributed by atoms with Crippen molar-refractivity contribution >= 4 is 45.1 Å². The smallest absolute Gasteiger partial charge is 0.221 e. The van der Waals surface area contributed by atoms with E-state index in [2.05, 4.69) is 28.1 Å². The molecule has 0 saturated carbocycles. The number of aromatic amines is 1. The highest BCUT2D eigenvalue weighted by molar-refractivity contribution is 6.32. The number of carbonyl (C=O) groups excluding carboxylic acids is 1. The molecule has 1 aliphatic heterocycles. The van der Waals surface area contributed by atoms with Crippen molar-refractivity contribution in [2.45, 2.75) is 6.42 Å². The van der Waals surface area contributed by atoms with E-state index in [0.29, 0.717) is 10.8 Å². The summed E-state index contributed by atoms with van der Waals surface area (Å²) in [7, 11) is 1.58. The number of pyridine rings is 1. The summed E-state index contributed by atoms with van der Waals surface area (Å²) in [6.07, 6.45) is 0.110. The van der Waals surface area contributed by atoms with Crippen LogP contribution in [-0.4, -0.2) is 49.3 Å². The Labute approximate surface area is 190 Å². The maximum atomic E-state index is 11.8. The number of ether oxygens (including phenoxy) is 2. The molecule has 0 spiro atoms. The fourth-order valence-electron chi connectivity index (χ4n) is 4.23. The summed E-state index contributed by atoms with van der Waals surface area (Å²) < 4.78 is 10.7. The number of rotatable bonds is 5. The van der Waals surface area contributed by atoms with Crippen LogP contribution in [0, 0.1) is 0 Å². The highest BCUT2D eigenvalue weighted by Crippen LogP contribution is 2.34. The number of anilines is 1. The van der Waals surface area contributed by atoms with E-state index in [0.717, 1.165) is 70.7 Å². The molecule has 7 nitrogen and oxygen atoms in total. The van der Waals surface area contributed by atoms with Crippen molar-refractivity contribution in [3.05, 3.63) is 53.1 Å². The van der Waals surface area contributed by atoms with Crippen LogP contribution < -0.4 is 15.4 Å². The Morgan fingerprint density at radius 1 is 1.22 bits per heavy atom. The van der Waals surface area contributed by atoms with Gasteiger partial charge in [-0.15, -0.1) is 0 Å². The van der Waals surface area contributed by atoms with Gasteiger partial charge in [-0.25, -0.2) is 4.98 Å². The third kappa shape index (κ3) is 3.74. The summed E-state index contributed by atoms with van der Waals surface area (Å²) in [4.78, 5) is 22.5. The third-order valence-electron chi connectivity index (χ3n) is 5.81. The predicted molar refractivity (Wildman–Crippen MR) is 127 cm³/mol. The van der Waals surface area contributed by atoms with Crippen LogP contribution in [-0.2, 0) is 16.0 Å². The van der Waals surface area contributed by atoms with Gasteiger partial charge in [0, 0.05) is 29.7 Å². The van der Waals surface area contributed by atoms with Crippen LogP contribution in [0.25, 0.3) is 33.2 Å². The van der Waals surface area contributed by atoms with Gasteiger partial charge in [0.05, 0.1) is 54.0 Å². The van der Waals surface area contributed by atoms with Gasteiger partial charge in [0.15, 0.2) is 0 Å². The molecule has 2 aromatic carbocycles. The third-order valence-corrected chi connectivity index (χ3v) is 6.10. The van der Waals surface area contributed by atoms with Gasteiger partial charge in [-0.05, 0) is 48.0 Å². The summed E-state index contributed by atoms with van der Waals surface area (Å²) in [6, 6.07) is 13.7. The number of halogens is 1. The van der Waals surface area contributed by atoms with E-state index in [1.165, 1.54) is 0 Å². The number of methoxy groups -OCH3 is 1. The molecule has 0 unspecified atom stereocenters. The number of hydrogen-bond acceptors (Lipinski definition) is 5. The van der Waals surface area contributed by atoms with Crippen LogP contribution in [0.5, 0.6) is 5.75 Å². The zero-order chi connectivity index (χ0) is 22.2. The fraction of sp³-hybridized carbons (Fsp3) is 0.250. The number of benzene rings is 2. The van der Waals surface area contributed by atoms with E-state index in [1.54, 1.807) is 13.2 Å². The van der Waals surface area contributed by atoms with Crippen LogP contribution in [0.4, 0.5) is 5.69 Å². The Morgan fingerprint density at radius 2 is 2.03 bits per heavy atom. The Kier molecular flexibility index (Phi) is 5.36. The minimum Gasteiger partial charge on any atom is -0.495 e. The van der Waals surface area contributed by atoms with Crippen LogP contribution in [0.2, 0.25) is 5.02 Å². The highest BCUT2D eigenvalue weighted by atomic mass is 35.5. The van der Waals surface area contributed by atoms with Crippen molar-refractivity contribution in [2.75, 3.05) is 38.3 Å². The number of amides is 1. The van der Waals surface area contributed by atoms with Crippen LogP contribution in [0.15, 0.2) is 42.5 Å². The maximum absolute atomic E-state index is 11.8. The Hall–Kier alpha value is -3.29. The minimum absolute atomic E-state index is 0.110. The molecule has 0 radical (unpaired) electrons. The van der Waals surface area contributed by atoms with Crippen LogP contribution in [0.1, 0.15) is 5.56 Å². The number of nitrogens with zero attached hydrogens (tertiary/aromatic N) is 2. The monoisotopic (exact) mass is 450 g/mol. The normalized spacial score (nSPS) is 14.2. The quantitative estimate of drug-likeness (QED) is 0.481. The number of morpholine rings is 1. The van der Waals surface area contributed by atoms with E-state index >= 15 is 0 Å². The van der Waals surface area contributed by atoms with Gasteiger partial charge in [0.2, 0.25) is 5.91 Å². The molecule has 2 aromatic heterocycles. The summed E-state index contributed by atoms with van der Waals surface area (Å²) in [5.74, 6) is 0.195. The predicted octanol–water partition coefficient (Wildman–Crippen LogP) is 3.91. The van der Waals surface area contributed by atoms with E-state index in [4.69, 9.17) is 31.8 Å². The number of nitrogens with two attached hydrogens (primary N) is 1. The topological polar surface area (TPSA) is 93.5 Å². The molecule has 0 atom stereocenters. The standard InChI is InChI=1S/C24H23ClN4O3/c1-31-21-5-2-14(10-18(21)25)19-11-15(12-22(26)30)23-24(27-19)17-4-3-16(13-20(17)28-23)29-6-8-32-9-7-29/h2-5,10-11,13,28H,6-9,12H2,1H3,(H2,26,30). The van der Waals surface area contributed by atoms with Crippen molar-refractivity contribution in [1.29, 1.82) is 0 Å². The van der Waals surface area contributed by atoms with Crippen molar-refractivity contribution in [1.82, 2.24) is 9.97 Å². The molecule has 1 amide bonds. The zero-order valence-electron chi connectivity index (χ0n) is 17.7. The first-order chi connectivity index (χ1) is 15.5. The summed E-state index contributed by atoms with van der Waals surface area (Å²) in [6.45, 7) is 3.17. The molecule has 5 rings (SSSR count). The first-order valence-corrected chi connectivity index (χ1v) is 10.8. The van der Waals surface area contributed by atoms with Gasteiger partial charge in [0.25, 0.3) is 0 Å². The summed E-state index contributed by atoms with van der Waals surface area (Å²) in [5, 5.41) is 1.49. The lowest BCUT2D eigenvalue weighted by atomic mass is 10.0. The molecule has 1 aliphatic rings. The molecular weight excluding hydrogens is 428 g/mol. The second-order valence-electron chi connectivity index (χ2n) is 7.84. The van der Waals surface area contributed by atoms with Gasteiger partial charge in [-0.2, -0.15) is 0 Å². The molecule has 32 heavy (non-hydrogen) atoms. The average Bonchev–Trinajstić information content (AvgIpc) is 3.17. The van der Waals surface area contributed by atoms with Gasteiger partial charge < -0.3 is 25.1 Å². The first kappa shape index (κ1) is 20.6. The van der Waals surface area contributed by atoms with Crippen LogP contribution >= 0.6 is 11.6 Å². The fourth-order valence-corrected chi connectivity index (χ4v) is 4.49. The Morgan fingerprint density at radius 3 is 2.75 bits per heavy atom. The molecule has 3 heterocycles. The largest absolute Gasteiger partial charge is 0.495 e. The van der Waals surface area contributed by atoms with E-state index < -0.39 is 5.91 Å². The van der Waals surface area contributed by atoms with Gasteiger partial charge in [-0.3, -0.25) is 4.79 Å². The number of fused-ring (bicyclic) bond motifs is 3. The van der Waals surface area contributed by atoms with Gasteiger partial charge in [-0.1, -0.05) is 11.6 Å². The number of nitrogens with one attached hydrogen (secondary N) is 1. The number of hydrogen-bond donors (Lipinski definition) is 2. The lowest BCUT2D eigenvalue weighted by Gasteiger charge is -2.28. The van der Waals surface area contributed by atoms with E-state index in [9.17, 15) is 4.79 Å². The number of primary amides is 1. The highest BCUT2D eigenvalue weighted by Gasteiger charge is 2.17.